The minimum atomic E-state index is -0.840. The summed E-state index contributed by atoms with van der Waals surface area (Å²) < 4.78 is 0. The zero-order chi connectivity index (χ0) is 24.6. The first-order valence-electron chi connectivity index (χ1n) is 9.39. The minimum Gasteiger partial charge on any atom is -0.268 e. The first-order valence-corrected chi connectivity index (χ1v) is 12.0. The molecule has 0 aliphatic heterocycles. The molecule has 33 heavy (non-hydrogen) atoms. The normalized spacial score (nSPS) is 11.1. The number of carbonyl (C=O) groups is 2. The molecule has 0 spiro atoms. The van der Waals surface area contributed by atoms with Crippen LogP contribution in [0.15, 0.2) is 42.5 Å². The molecule has 0 saturated carbocycles. The number of anilines is 1. The molecule has 0 aromatic heterocycles. The lowest BCUT2D eigenvalue weighted by molar-refractivity contribution is 0.0898. The zero-order valence-corrected chi connectivity index (χ0v) is 22.3. The number of nitrogens with zero attached hydrogens (tertiary/aromatic N) is 1. The standard InChI is InChI=1S/C23H14Cl7NO2/c1-10(2)11-3-4-19(14(26)5-11)31(22(32)20-15(27)6-12(24)7-16(20)28)23(33)21-17(29)8-13(25)9-18(21)30/h3-10H,1-2H3. The maximum Gasteiger partial charge on any atom is 0.268 e. The SMILES string of the molecule is CC(C)c1ccc(N(C(=O)c2c(Cl)cc(Cl)cc2Cl)C(=O)c2c(Cl)cc(Cl)cc2Cl)c(Cl)c1. The summed E-state index contributed by atoms with van der Waals surface area (Å²) in [7, 11) is 0. The van der Waals surface area contributed by atoms with Crippen LogP contribution >= 0.6 is 81.2 Å². The molecule has 0 bridgehead atoms. The van der Waals surface area contributed by atoms with Gasteiger partial charge < -0.3 is 0 Å². The third-order valence-corrected chi connectivity index (χ3v) is 6.66. The van der Waals surface area contributed by atoms with E-state index in [1.54, 1.807) is 18.2 Å². The van der Waals surface area contributed by atoms with Crippen molar-refractivity contribution in [3.63, 3.8) is 0 Å². The highest BCUT2D eigenvalue weighted by Crippen LogP contribution is 2.38. The molecule has 0 aliphatic rings. The summed E-state index contributed by atoms with van der Waals surface area (Å²) in [5.74, 6) is -1.52. The highest BCUT2D eigenvalue weighted by atomic mass is 35.5. The van der Waals surface area contributed by atoms with E-state index in [-0.39, 0.29) is 57.9 Å². The molecular formula is C23H14Cl7NO2. The summed E-state index contributed by atoms with van der Waals surface area (Å²) >= 11 is 43.6. The lowest BCUT2D eigenvalue weighted by atomic mass is 10.0. The van der Waals surface area contributed by atoms with Crippen molar-refractivity contribution in [3.8, 4) is 0 Å². The second-order valence-corrected chi connectivity index (χ2v) is 10.2. The third-order valence-electron chi connectivity index (χ3n) is 4.73. The highest BCUT2D eigenvalue weighted by Gasteiger charge is 2.33. The van der Waals surface area contributed by atoms with Crippen LogP contribution in [0.1, 0.15) is 46.0 Å². The van der Waals surface area contributed by atoms with Crippen molar-refractivity contribution in [1.82, 2.24) is 0 Å². The number of halogens is 7. The lowest BCUT2D eigenvalue weighted by Gasteiger charge is -2.25. The van der Waals surface area contributed by atoms with E-state index in [1.165, 1.54) is 24.3 Å². The number of hydrogen-bond donors (Lipinski definition) is 0. The molecule has 0 N–H and O–H groups in total. The summed E-state index contributed by atoms with van der Waals surface area (Å²) in [6, 6.07) is 10.4. The fraction of sp³-hybridized carbons (Fsp3) is 0.130. The van der Waals surface area contributed by atoms with Gasteiger partial charge in [0.2, 0.25) is 0 Å². The van der Waals surface area contributed by atoms with Crippen molar-refractivity contribution < 1.29 is 9.59 Å². The summed E-state index contributed by atoms with van der Waals surface area (Å²) in [4.78, 5) is 28.2. The van der Waals surface area contributed by atoms with E-state index in [1.807, 2.05) is 13.8 Å². The average Bonchev–Trinajstić information content (AvgIpc) is 2.67. The maximum absolute atomic E-state index is 13.7. The average molecular weight is 585 g/mol. The van der Waals surface area contributed by atoms with Gasteiger partial charge in [0.05, 0.1) is 41.9 Å². The molecule has 3 aromatic carbocycles. The Labute approximate surface area is 226 Å². The van der Waals surface area contributed by atoms with Crippen LogP contribution in [0.5, 0.6) is 0 Å². The summed E-state index contributed by atoms with van der Waals surface area (Å²) in [5, 5.41) is 0.435. The van der Waals surface area contributed by atoms with Gasteiger partial charge in [0.1, 0.15) is 0 Å². The van der Waals surface area contributed by atoms with Gasteiger partial charge in [-0.15, -0.1) is 0 Å². The van der Waals surface area contributed by atoms with E-state index in [0.717, 1.165) is 10.5 Å². The molecule has 0 atom stereocenters. The number of imide groups is 1. The molecule has 0 saturated heterocycles. The van der Waals surface area contributed by atoms with Crippen LogP contribution in [0.2, 0.25) is 35.2 Å². The van der Waals surface area contributed by atoms with Crippen LogP contribution in [-0.4, -0.2) is 11.8 Å². The maximum atomic E-state index is 13.7. The second-order valence-electron chi connectivity index (χ2n) is 7.30. The van der Waals surface area contributed by atoms with Gasteiger partial charge >= 0.3 is 0 Å². The molecule has 172 valence electrons. The topological polar surface area (TPSA) is 37.4 Å². The van der Waals surface area contributed by atoms with Gasteiger partial charge in [-0.05, 0) is 47.9 Å². The van der Waals surface area contributed by atoms with Gasteiger partial charge in [-0.3, -0.25) is 9.59 Å². The van der Waals surface area contributed by atoms with Gasteiger partial charge in [0.25, 0.3) is 11.8 Å². The van der Waals surface area contributed by atoms with Crippen molar-refractivity contribution in [2.75, 3.05) is 4.90 Å². The Hall–Kier alpha value is -1.17. The van der Waals surface area contributed by atoms with Gasteiger partial charge in [0.15, 0.2) is 0 Å². The van der Waals surface area contributed by atoms with Crippen molar-refractivity contribution in [1.29, 1.82) is 0 Å². The Kier molecular flexibility index (Phi) is 8.51. The van der Waals surface area contributed by atoms with Gasteiger partial charge in [0, 0.05) is 10.0 Å². The molecule has 10 heteroatoms. The van der Waals surface area contributed by atoms with E-state index in [9.17, 15) is 9.59 Å². The predicted molar refractivity (Wildman–Crippen MR) is 140 cm³/mol. The summed E-state index contributed by atoms with van der Waals surface area (Å²) in [5.41, 5.74) is 0.733. The van der Waals surface area contributed by atoms with Crippen LogP contribution in [0.25, 0.3) is 0 Å². The number of hydrogen-bond acceptors (Lipinski definition) is 2. The Balaban J connectivity index is 2.26. The Morgan fingerprint density at radius 1 is 0.636 bits per heavy atom. The van der Waals surface area contributed by atoms with Crippen molar-refractivity contribution in [3.05, 3.63) is 94.3 Å². The van der Waals surface area contributed by atoms with E-state index < -0.39 is 11.8 Å². The monoisotopic (exact) mass is 581 g/mol. The van der Waals surface area contributed by atoms with E-state index >= 15 is 0 Å². The largest absolute Gasteiger partial charge is 0.268 e. The molecule has 0 aliphatic carbocycles. The Morgan fingerprint density at radius 3 is 1.36 bits per heavy atom. The fourth-order valence-corrected chi connectivity index (χ4v) is 5.32. The quantitative estimate of drug-likeness (QED) is 0.286. The zero-order valence-electron chi connectivity index (χ0n) is 17.0. The summed E-state index contributed by atoms with van der Waals surface area (Å²) in [6.45, 7) is 3.97. The number of amides is 2. The van der Waals surface area contributed by atoms with Crippen LogP contribution in [0.4, 0.5) is 5.69 Å². The second kappa shape index (κ2) is 10.6. The fourth-order valence-electron chi connectivity index (χ4n) is 3.09. The minimum absolute atomic E-state index is 0.0430. The highest BCUT2D eigenvalue weighted by molar-refractivity contribution is 6.47. The molecule has 0 radical (unpaired) electrons. The molecule has 3 rings (SSSR count). The van der Waals surface area contributed by atoms with E-state index in [2.05, 4.69) is 0 Å². The van der Waals surface area contributed by atoms with Gasteiger partial charge in [-0.2, -0.15) is 0 Å². The predicted octanol–water partition coefficient (Wildman–Crippen LogP) is 9.87. The lowest BCUT2D eigenvalue weighted by Crippen LogP contribution is -2.38. The van der Waals surface area contributed by atoms with Crippen LogP contribution in [0.3, 0.4) is 0 Å². The van der Waals surface area contributed by atoms with Crippen molar-refractivity contribution in [2.45, 2.75) is 19.8 Å². The first kappa shape index (κ1) is 26.4. The first-order chi connectivity index (χ1) is 15.4. The van der Waals surface area contributed by atoms with E-state index in [4.69, 9.17) is 81.2 Å². The molecule has 0 heterocycles. The molecule has 2 amide bonds. The molecule has 3 aromatic rings. The third kappa shape index (κ3) is 5.57. The molecule has 3 nitrogen and oxygen atoms in total. The molecule has 0 fully saturated rings. The van der Waals surface area contributed by atoms with Crippen molar-refractivity contribution >= 4 is 98.7 Å². The Bertz CT molecular complexity index is 1160. The number of rotatable bonds is 4. The van der Waals surface area contributed by atoms with Gasteiger partial charge in [-0.1, -0.05) is 101 Å². The Morgan fingerprint density at radius 2 is 1.03 bits per heavy atom. The molecular weight excluding hydrogens is 570 g/mol. The summed E-state index contributed by atoms with van der Waals surface area (Å²) in [6.07, 6.45) is 0. The van der Waals surface area contributed by atoms with Crippen LogP contribution in [0, 0.1) is 0 Å². The molecule has 0 unspecified atom stereocenters. The van der Waals surface area contributed by atoms with Gasteiger partial charge in [-0.25, -0.2) is 4.90 Å². The number of carbonyl (C=O) groups excluding carboxylic acids is 2. The van der Waals surface area contributed by atoms with Crippen LogP contribution < -0.4 is 4.90 Å². The number of benzene rings is 3. The smallest absolute Gasteiger partial charge is 0.268 e. The van der Waals surface area contributed by atoms with Crippen molar-refractivity contribution in [2.24, 2.45) is 0 Å². The van der Waals surface area contributed by atoms with E-state index in [0.29, 0.717) is 0 Å². The van der Waals surface area contributed by atoms with Crippen LogP contribution in [-0.2, 0) is 0 Å².